The van der Waals surface area contributed by atoms with Gasteiger partial charge >= 0.3 is 0 Å². The Morgan fingerprint density at radius 3 is 2.39 bits per heavy atom. The first kappa shape index (κ1) is 14.7. The molecule has 0 aliphatic heterocycles. The predicted octanol–water partition coefficient (Wildman–Crippen LogP) is 4.09. The van der Waals surface area contributed by atoms with E-state index in [9.17, 15) is 4.79 Å². The molecule has 0 radical (unpaired) electrons. The molecular weight excluding hydrogens is 236 g/mol. The highest BCUT2D eigenvalue weighted by atomic mass is 28.3. The van der Waals surface area contributed by atoms with Gasteiger partial charge in [-0.05, 0) is 5.56 Å². The van der Waals surface area contributed by atoms with Crippen LogP contribution in [-0.2, 0) is 4.79 Å². The van der Waals surface area contributed by atoms with Gasteiger partial charge in [0.15, 0.2) is 0 Å². The van der Waals surface area contributed by atoms with Crippen molar-refractivity contribution < 1.29 is 4.79 Å². The van der Waals surface area contributed by atoms with Gasteiger partial charge in [-0.15, -0.1) is 11.8 Å². The lowest BCUT2D eigenvalue weighted by Crippen LogP contribution is -2.17. The molecule has 1 unspecified atom stereocenters. The van der Waals surface area contributed by atoms with E-state index in [2.05, 4.69) is 43.6 Å². The van der Waals surface area contributed by atoms with E-state index in [4.69, 9.17) is 0 Å². The zero-order valence-electron chi connectivity index (χ0n) is 11.6. The zero-order valence-corrected chi connectivity index (χ0v) is 12.6. The van der Waals surface area contributed by atoms with Crippen molar-refractivity contribution in [2.75, 3.05) is 0 Å². The van der Waals surface area contributed by atoms with Gasteiger partial charge in [-0.2, -0.15) is 0 Å². The van der Waals surface area contributed by atoms with E-state index in [0.717, 1.165) is 18.8 Å². The summed E-state index contributed by atoms with van der Waals surface area (Å²) >= 11 is 0. The summed E-state index contributed by atoms with van der Waals surface area (Å²) in [5.41, 5.74) is 1.21. The fourth-order valence-electron chi connectivity index (χ4n) is 1.70. The molecule has 1 aromatic carbocycles. The van der Waals surface area contributed by atoms with Crippen LogP contribution in [0.15, 0.2) is 30.3 Å². The molecular formula is C16H22OSi. The molecule has 0 spiro atoms. The topological polar surface area (TPSA) is 17.1 Å². The van der Waals surface area contributed by atoms with E-state index in [-0.39, 0.29) is 5.92 Å². The Kier molecular flexibility index (Phi) is 5.87. The van der Waals surface area contributed by atoms with Crippen LogP contribution >= 0.6 is 0 Å². The Balaban J connectivity index is 2.62. The van der Waals surface area contributed by atoms with Gasteiger partial charge in [0.05, 0.1) is 8.07 Å². The first-order valence-electron chi connectivity index (χ1n) is 6.47. The van der Waals surface area contributed by atoms with Gasteiger partial charge in [0, 0.05) is 24.8 Å². The van der Waals surface area contributed by atoms with E-state index in [1.54, 1.807) is 0 Å². The van der Waals surface area contributed by atoms with Crippen LogP contribution in [0.5, 0.6) is 0 Å². The van der Waals surface area contributed by atoms with Crippen molar-refractivity contribution in [3.8, 4) is 11.8 Å². The zero-order chi connectivity index (χ0) is 13.4. The molecule has 0 saturated heterocycles. The first-order valence-corrected chi connectivity index (χ1v) is 10.2. The Bertz CT molecular complexity index is 420. The molecule has 0 fully saturated rings. The van der Waals surface area contributed by atoms with Gasteiger partial charge < -0.3 is 4.79 Å². The molecule has 0 saturated carbocycles. The summed E-state index contributed by atoms with van der Waals surface area (Å²) in [4.78, 5) is 10.7. The summed E-state index contributed by atoms with van der Waals surface area (Å²) in [7, 11) is -1.07. The van der Waals surface area contributed by atoms with Gasteiger partial charge in [0.2, 0.25) is 0 Å². The SMILES string of the molecule is C[Si](C)(C)CC#CCC(CC=O)c1ccccc1. The van der Waals surface area contributed by atoms with Crippen LogP contribution in [0.25, 0.3) is 0 Å². The Labute approximate surface area is 112 Å². The van der Waals surface area contributed by atoms with Gasteiger partial charge in [-0.1, -0.05) is 50.0 Å². The molecule has 0 aliphatic carbocycles. The van der Waals surface area contributed by atoms with Crippen LogP contribution in [0.3, 0.4) is 0 Å². The third-order valence-corrected chi connectivity index (χ3v) is 3.98. The Morgan fingerprint density at radius 1 is 1.17 bits per heavy atom. The average Bonchev–Trinajstić information content (AvgIpc) is 2.33. The first-order chi connectivity index (χ1) is 8.53. The van der Waals surface area contributed by atoms with Gasteiger partial charge in [0.25, 0.3) is 0 Å². The molecule has 0 amide bonds. The van der Waals surface area contributed by atoms with Crippen LogP contribution in [-0.4, -0.2) is 14.4 Å². The quantitative estimate of drug-likeness (QED) is 0.441. The third-order valence-electron chi connectivity index (χ3n) is 2.74. The third kappa shape index (κ3) is 5.84. The van der Waals surface area contributed by atoms with Crippen molar-refractivity contribution >= 4 is 14.4 Å². The van der Waals surface area contributed by atoms with Crippen molar-refractivity contribution in [2.45, 2.75) is 44.4 Å². The second-order valence-electron chi connectivity index (χ2n) is 5.81. The van der Waals surface area contributed by atoms with E-state index in [0.29, 0.717) is 6.42 Å². The fourth-order valence-corrected chi connectivity index (χ4v) is 2.36. The summed E-state index contributed by atoms with van der Waals surface area (Å²) in [5.74, 6) is 6.78. The minimum Gasteiger partial charge on any atom is -0.303 e. The lowest BCUT2D eigenvalue weighted by Gasteiger charge is -2.12. The van der Waals surface area contributed by atoms with E-state index < -0.39 is 8.07 Å². The molecule has 1 nitrogen and oxygen atoms in total. The van der Waals surface area contributed by atoms with Gasteiger partial charge in [0.1, 0.15) is 6.29 Å². The van der Waals surface area contributed by atoms with Crippen LogP contribution in [0, 0.1) is 11.8 Å². The molecule has 96 valence electrons. The van der Waals surface area contributed by atoms with E-state index in [1.165, 1.54) is 5.56 Å². The molecule has 1 aromatic rings. The second kappa shape index (κ2) is 7.18. The van der Waals surface area contributed by atoms with Crippen LogP contribution in [0.1, 0.15) is 24.3 Å². The van der Waals surface area contributed by atoms with Crippen molar-refractivity contribution in [1.29, 1.82) is 0 Å². The summed E-state index contributed by atoms with van der Waals surface area (Å²) in [5, 5.41) is 0. The van der Waals surface area contributed by atoms with Crippen molar-refractivity contribution in [3.05, 3.63) is 35.9 Å². The van der Waals surface area contributed by atoms with Crippen LogP contribution < -0.4 is 0 Å². The van der Waals surface area contributed by atoms with E-state index in [1.807, 2.05) is 18.2 Å². The molecule has 1 atom stereocenters. The molecule has 18 heavy (non-hydrogen) atoms. The molecule has 0 aliphatic rings. The summed E-state index contributed by atoms with van der Waals surface area (Å²) in [6.45, 7) is 6.96. The molecule has 1 rings (SSSR count). The van der Waals surface area contributed by atoms with Gasteiger partial charge in [-0.3, -0.25) is 0 Å². The number of benzene rings is 1. The number of carbonyl (C=O) groups excluding carboxylic acids is 1. The summed E-state index contributed by atoms with van der Waals surface area (Å²) in [6.07, 6.45) is 2.34. The van der Waals surface area contributed by atoms with Crippen molar-refractivity contribution in [2.24, 2.45) is 0 Å². The molecule has 0 aromatic heterocycles. The van der Waals surface area contributed by atoms with Crippen molar-refractivity contribution in [3.63, 3.8) is 0 Å². The maximum absolute atomic E-state index is 10.7. The summed E-state index contributed by atoms with van der Waals surface area (Å²) in [6, 6.07) is 11.2. The monoisotopic (exact) mass is 258 g/mol. The number of carbonyl (C=O) groups is 1. The van der Waals surface area contributed by atoms with Gasteiger partial charge in [-0.25, -0.2) is 0 Å². The number of hydrogen-bond acceptors (Lipinski definition) is 1. The Morgan fingerprint density at radius 2 is 1.83 bits per heavy atom. The molecule has 0 bridgehead atoms. The maximum atomic E-state index is 10.7. The highest BCUT2D eigenvalue weighted by Gasteiger charge is 2.11. The van der Waals surface area contributed by atoms with E-state index >= 15 is 0 Å². The molecule has 0 heterocycles. The molecule has 0 N–H and O–H groups in total. The highest BCUT2D eigenvalue weighted by Crippen LogP contribution is 2.21. The Hall–Kier alpha value is -1.33. The fraction of sp³-hybridized carbons (Fsp3) is 0.438. The normalized spacial score (nSPS) is 12.4. The smallest absolute Gasteiger partial charge is 0.120 e. The van der Waals surface area contributed by atoms with Crippen LogP contribution in [0.2, 0.25) is 25.7 Å². The second-order valence-corrected chi connectivity index (χ2v) is 11.3. The minimum absolute atomic E-state index is 0.248. The average molecular weight is 258 g/mol. The molecule has 2 heteroatoms. The predicted molar refractivity (Wildman–Crippen MR) is 80.4 cm³/mol. The standard InChI is InChI=1S/C16H22OSi/c1-18(2,3)14-8-7-11-16(12-13-17)15-9-5-4-6-10-15/h4-6,9-10,13,16H,11-12,14H2,1-3H3. The largest absolute Gasteiger partial charge is 0.303 e. The number of aldehydes is 1. The lowest BCUT2D eigenvalue weighted by molar-refractivity contribution is -0.108. The number of hydrogen-bond donors (Lipinski definition) is 0. The summed E-state index contributed by atoms with van der Waals surface area (Å²) < 4.78 is 0. The van der Waals surface area contributed by atoms with Crippen LogP contribution in [0.4, 0.5) is 0 Å². The maximum Gasteiger partial charge on any atom is 0.120 e. The minimum atomic E-state index is -1.07. The highest BCUT2D eigenvalue weighted by molar-refractivity contribution is 6.76. The van der Waals surface area contributed by atoms with Crippen molar-refractivity contribution in [1.82, 2.24) is 0 Å². The lowest BCUT2D eigenvalue weighted by atomic mass is 9.93. The number of rotatable bonds is 5.